The van der Waals surface area contributed by atoms with E-state index in [9.17, 15) is 5.26 Å². The summed E-state index contributed by atoms with van der Waals surface area (Å²) in [5.41, 5.74) is 6.90. The van der Waals surface area contributed by atoms with Gasteiger partial charge in [-0.3, -0.25) is 0 Å². The van der Waals surface area contributed by atoms with Crippen LogP contribution in [-0.2, 0) is 15.6 Å². The fourth-order valence-corrected chi connectivity index (χ4v) is 5.82. The second-order valence-corrected chi connectivity index (χ2v) is 7.93. The number of rotatable bonds is 2. The van der Waals surface area contributed by atoms with Gasteiger partial charge < -0.3 is 9.47 Å². The number of benzene rings is 3. The summed E-state index contributed by atoms with van der Waals surface area (Å²) in [4.78, 5) is 0. The van der Waals surface area contributed by atoms with Gasteiger partial charge >= 0.3 is 0 Å². The minimum atomic E-state index is -0.752. The summed E-state index contributed by atoms with van der Waals surface area (Å²) in [6, 6.07) is 27.7. The van der Waals surface area contributed by atoms with E-state index >= 15 is 0 Å². The van der Waals surface area contributed by atoms with Crippen LogP contribution in [0.3, 0.4) is 0 Å². The number of nitrogens with zero attached hydrogens (tertiary/aromatic N) is 1. The first kappa shape index (κ1) is 16.6. The summed E-state index contributed by atoms with van der Waals surface area (Å²) in [5.74, 6) is 0.813. The average Bonchev–Trinajstić information content (AvgIpc) is 3.15. The molecule has 3 heteroatoms. The fourth-order valence-electron chi connectivity index (χ4n) is 5.82. The molecule has 0 amide bonds. The van der Waals surface area contributed by atoms with Crippen molar-refractivity contribution < 1.29 is 9.47 Å². The molecule has 1 heterocycles. The number of fused-ring (bicyclic) bond motifs is 4. The molecular formula is C26H19NO2. The standard InChI is InChI=1S/C26H19NO2/c1-28-18-12-10-17(11-13-18)24-23-14-29-16-26(23)22-9-5-3-7-20(22)19-6-2-4-8-21(19)25(24,26)15-27/h2-13H,14,16H2,1H3. The lowest BCUT2D eigenvalue weighted by Gasteiger charge is -2.58. The predicted octanol–water partition coefficient (Wildman–Crippen LogP) is 4.87. The normalized spacial score (nSPS) is 25.8. The molecule has 1 aliphatic heterocycles. The predicted molar refractivity (Wildman–Crippen MR) is 112 cm³/mol. The number of hydrogen-bond acceptors (Lipinski definition) is 3. The van der Waals surface area contributed by atoms with E-state index in [4.69, 9.17) is 9.47 Å². The van der Waals surface area contributed by atoms with E-state index in [1.807, 2.05) is 18.2 Å². The highest BCUT2D eigenvalue weighted by atomic mass is 16.5. The van der Waals surface area contributed by atoms with Crippen LogP contribution in [0.4, 0.5) is 0 Å². The highest BCUT2D eigenvalue weighted by Crippen LogP contribution is 2.71. The van der Waals surface area contributed by atoms with Crippen LogP contribution in [0.25, 0.3) is 16.7 Å². The van der Waals surface area contributed by atoms with Gasteiger partial charge in [-0.1, -0.05) is 60.7 Å². The molecule has 1 spiro atoms. The van der Waals surface area contributed by atoms with Crippen LogP contribution in [0.15, 0.2) is 78.4 Å². The summed E-state index contributed by atoms with van der Waals surface area (Å²) >= 11 is 0. The Kier molecular flexibility index (Phi) is 3.20. The summed E-state index contributed by atoms with van der Waals surface area (Å²) in [5, 5.41) is 10.8. The summed E-state index contributed by atoms with van der Waals surface area (Å²) < 4.78 is 11.4. The van der Waals surface area contributed by atoms with Crippen molar-refractivity contribution in [3.8, 4) is 22.9 Å². The molecule has 0 bridgehead atoms. The Morgan fingerprint density at radius 3 is 2.24 bits per heavy atom. The molecule has 1 fully saturated rings. The van der Waals surface area contributed by atoms with Gasteiger partial charge in [0.25, 0.3) is 0 Å². The van der Waals surface area contributed by atoms with Crippen molar-refractivity contribution in [2.45, 2.75) is 10.8 Å². The number of ether oxygens (including phenoxy) is 2. The van der Waals surface area contributed by atoms with Crippen LogP contribution in [0, 0.1) is 11.3 Å². The van der Waals surface area contributed by atoms with Gasteiger partial charge in [0, 0.05) is 0 Å². The quantitative estimate of drug-likeness (QED) is 0.640. The van der Waals surface area contributed by atoms with Gasteiger partial charge in [0.15, 0.2) is 0 Å². The van der Waals surface area contributed by atoms with Gasteiger partial charge in [0.2, 0.25) is 0 Å². The van der Waals surface area contributed by atoms with Crippen LogP contribution >= 0.6 is 0 Å². The Morgan fingerprint density at radius 1 is 0.897 bits per heavy atom. The number of hydrogen-bond donors (Lipinski definition) is 0. The molecule has 0 saturated carbocycles. The molecule has 3 nitrogen and oxygen atoms in total. The van der Waals surface area contributed by atoms with Crippen LogP contribution < -0.4 is 4.74 Å². The Labute approximate surface area is 169 Å². The highest BCUT2D eigenvalue weighted by molar-refractivity contribution is 6.00. The second kappa shape index (κ2) is 5.59. The maximum absolute atomic E-state index is 10.8. The zero-order valence-corrected chi connectivity index (χ0v) is 16.1. The zero-order valence-electron chi connectivity index (χ0n) is 16.1. The van der Waals surface area contributed by atoms with Gasteiger partial charge in [0.05, 0.1) is 31.8 Å². The Morgan fingerprint density at radius 2 is 1.55 bits per heavy atom. The lowest BCUT2D eigenvalue weighted by Crippen LogP contribution is -2.60. The average molecular weight is 377 g/mol. The fraction of sp³-hybridized carbons (Fsp3) is 0.192. The molecule has 2 atom stereocenters. The summed E-state index contributed by atoms with van der Waals surface area (Å²) in [6.07, 6.45) is 0. The Balaban J connectivity index is 1.73. The Hall–Kier alpha value is -3.35. The largest absolute Gasteiger partial charge is 0.497 e. The van der Waals surface area contributed by atoms with Gasteiger partial charge in [-0.15, -0.1) is 0 Å². The SMILES string of the molecule is COc1ccc(C2=C3COCC34c3ccccc3-c3ccccc3C24C#N)cc1. The molecule has 3 aromatic rings. The molecule has 1 saturated heterocycles. The van der Waals surface area contributed by atoms with Crippen molar-refractivity contribution in [2.75, 3.05) is 20.3 Å². The lowest BCUT2D eigenvalue weighted by molar-refractivity contribution is 0.165. The summed E-state index contributed by atoms with van der Waals surface area (Å²) in [6.45, 7) is 1.11. The van der Waals surface area contributed by atoms with E-state index in [1.165, 1.54) is 16.7 Å². The third-order valence-electron chi connectivity index (χ3n) is 6.95. The van der Waals surface area contributed by atoms with Crippen molar-refractivity contribution in [3.63, 3.8) is 0 Å². The van der Waals surface area contributed by atoms with Gasteiger partial charge in [0.1, 0.15) is 11.2 Å². The smallest absolute Gasteiger partial charge is 0.124 e. The summed E-state index contributed by atoms with van der Waals surface area (Å²) in [7, 11) is 1.67. The van der Waals surface area contributed by atoms with E-state index in [1.54, 1.807) is 7.11 Å². The maximum Gasteiger partial charge on any atom is 0.124 e. The van der Waals surface area contributed by atoms with Crippen molar-refractivity contribution >= 4 is 5.57 Å². The van der Waals surface area contributed by atoms with Gasteiger partial charge in [-0.25, -0.2) is 0 Å². The van der Waals surface area contributed by atoms with Crippen LogP contribution in [-0.4, -0.2) is 20.3 Å². The first-order valence-corrected chi connectivity index (χ1v) is 9.85. The number of nitriles is 1. The van der Waals surface area contributed by atoms with E-state index in [-0.39, 0.29) is 0 Å². The Bertz CT molecular complexity index is 1230. The van der Waals surface area contributed by atoms with E-state index in [0.29, 0.717) is 13.2 Å². The third kappa shape index (κ3) is 1.72. The second-order valence-electron chi connectivity index (χ2n) is 7.93. The highest BCUT2D eigenvalue weighted by Gasteiger charge is 2.71. The van der Waals surface area contributed by atoms with Crippen molar-refractivity contribution in [1.29, 1.82) is 5.26 Å². The van der Waals surface area contributed by atoms with Gasteiger partial charge in [-0.2, -0.15) is 5.26 Å². The van der Waals surface area contributed by atoms with Crippen molar-refractivity contribution in [3.05, 3.63) is 95.1 Å². The molecule has 0 radical (unpaired) electrons. The van der Waals surface area contributed by atoms with Gasteiger partial charge in [-0.05, 0) is 51.1 Å². The molecule has 29 heavy (non-hydrogen) atoms. The molecule has 2 aliphatic carbocycles. The minimum absolute atomic E-state index is 0.415. The lowest BCUT2D eigenvalue weighted by atomic mass is 9.39. The van der Waals surface area contributed by atoms with E-state index in [0.717, 1.165) is 28.0 Å². The third-order valence-corrected chi connectivity index (χ3v) is 6.95. The van der Waals surface area contributed by atoms with Crippen LogP contribution in [0.5, 0.6) is 5.75 Å². The molecule has 3 aliphatic rings. The minimum Gasteiger partial charge on any atom is -0.497 e. The first-order valence-electron chi connectivity index (χ1n) is 9.85. The zero-order chi connectivity index (χ0) is 19.6. The molecular weight excluding hydrogens is 358 g/mol. The monoisotopic (exact) mass is 377 g/mol. The van der Waals surface area contributed by atoms with Crippen LogP contribution in [0.2, 0.25) is 0 Å². The number of allylic oxidation sites excluding steroid dienone is 1. The molecule has 0 N–H and O–H groups in total. The van der Waals surface area contributed by atoms with Crippen molar-refractivity contribution in [2.24, 2.45) is 0 Å². The molecule has 2 unspecified atom stereocenters. The van der Waals surface area contributed by atoms with Crippen LogP contribution in [0.1, 0.15) is 16.7 Å². The molecule has 140 valence electrons. The van der Waals surface area contributed by atoms with E-state index < -0.39 is 10.8 Å². The van der Waals surface area contributed by atoms with E-state index in [2.05, 4.69) is 60.7 Å². The maximum atomic E-state index is 10.8. The molecule has 0 aromatic heterocycles. The topological polar surface area (TPSA) is 42.2 Å². The van der Waals surface area contributed by atoms with Crippen molar-refractivity contribution in [1.82, 2.24) is 0 Å². The molecule has 6 rings (SSSR count). The first-order chi connectivity index (χ1) is 14.3. The molecule has 3 aromatic carbocycles. The number of methoxy groups -OCH3 is 1.